The third kappa shape index (κ3) is 2.02. The van der Waals surface area contributed by atoms with Gasteiger partial charge in [0, 0.05) is 24.6 Å². The zero-order valence-electron chi connectivity index (χ0n) is 9.75. The van der Waals surface area contributed by atoms with Crippen LogP contribution in [0.4, 0.5) is 5.82 Å². The van der Waals surface area contributed by atoms with E-state index in [0.29, 0.717) is 10.9 Å². The Morgan fingerprint density at radius 2 is 2.39 bits per heavy atom. The molecule has 0 radical (unpaired) electrons. The van der Waals surface area contributed by atoms with Crippen LogP contribution >= 0.6 is 11.6 Å². The first kappa shape index (κ1) is 11.7. The summed E-state index contributed by atoms with van der Waals surface area (Å²) in [5, 5.41) is 17.2. The van der Waals surface area contributed by atoms with E-state index in [9.17, 15) is 5.11 Å². The standard InChI is InChI=1S/C11H14ClN5O/c12-9-4-10(17-11(16-9)13-6-14-17)15-8-3-1-2-7(8)5-18/h4,6-8,15,18H,1-3,5H2. The Kier molecular flexibility index (Phi) is 3.05. The molecule has 0 amide bonds. The van der Waals surface area contributed by atoms with Gasteiger partial charge >= 0.3 is 0 Å². The summed E-state index contributed by atoms with van der Waals surface area (Å²) in [4.78, 5) is 8.10. The van der Waals surface area contributed by atoms with E-state index in [1.807, 2.05) is 0 Å². The summed E-state index contributed by atoms with van der Waals surface area (Å²) in [5.41, 5.74) is 0. The van der Waals surface area contributed by atoms with Crippen molar-refractivity contribution >= 4 is 23.2 Å². The molecule has 1 aliphatic rings. The van der Waals surface area contributed by atoms with Crippen LogP contribution in [0.2, 0.25) is 5.15 Å². The highest BCUT2D eigenvalue weighted by molar-refractivity contribution is 6.29. The zero-order chi connectivity index (χ0) is 12.5. The summed E-state index contributed by atoms with van der Waals surface area (Å²) in [6.45, 7) is 0.205. The van der Waals surface area contributed by atoms with Crippen molar-refractivity contribution < 1.29 is 5.11 Å². The molecule has 0 bridgehead atoms. The first-order valence-electron chi connectivity index (χ1n) is 6.01. The monoisotopic (exact) mass is 267 g/mol. The fourth-order valence-corrected chi connectivity index (χ4v) is 2.70. The molecule has 2 aromatic rings. The number of rotatable bonds is 3. The fourth-order valence-electron chi connectivity index (χ4n) is 2.52. The topological polar surface area (TPSA) is 75.3 Å². The molecule has 0 aliphatic heterocycles. The van der Waals surface area contributed by atoms with Crippen LogP contribution in [0.15, 0.2) is 12.4 Å². The van der Waals surface area contributed by atoms with E-state index >= 15 is 0 Å². The van der Waals surface area contributed by atoms with Crippen LogP contribution in [0.1, 0.15) is 19.3 Å². The van der Waals surface area contributed by atoms with E-state index in [0.717, 1.165) is 25.1 Å². The predicted molar refractivity (Wildman–Crippen MR) is 67.6 cm³/mol. The second-order valence-electron chi connectivity index (χ2n) is 4.56. The van der Waals surface area contributed by atoms with Crippen LogP contribution in [0.25, 0.3) is 5.78 Å². The van der Waals surface area contributed by atoms with Gasteiger partial charge in [-0.3, -0.25) is 0 Å². The lowest BCUT2D eigenvalue weighted by atomic mass is 10.1. The molecule has 96 valence electrons. The highest BCUT2D eigenvalue weighted by atomic mass is 35.5. The Morgan fingerprint density at radius 3 is 3.22 bits per heavy atom. The molecular formula is C11H14ClN5O. The highest BCUT2D eigenvalue weighted by Gasteiger charge is 2.27. The number of hydrogen-bond acceptors (Lipinski definition) is 5. The highest BCUT2D eigenvalue weighted by Crippen LogP contribution is 2.28. The van der Waals surface area contributed by atoms with Gasteiger partial charge in [-0.1, -0.05) is 18.0 Å². The molecule has 0 spiro atoms. The molecule has 2 unspecified atom stereocenters. The van der Waals surface area contributed by atoms with E-state index < -0.39 is 0 Å². The van der Waals surface area contributed by atoms with Gasteiger partial charge in [0.1, 0.15) is 17.3 Å². The third-order valence-corrected chi connectivity index (χ3v) is 3.64. The van der Waals surface area contributed by atoms with Gasteiger partial charge in [0.2, 0.25) is 0 Å². The molecule has 1 aliphatic carbocycles. The maximum absolute atomic E-state index is 9.33. The number of aliphatic hydroxyl groups excluding tert-OH is 1. The van der Waals surface area contributed by atoms with Crippen molar-refractivity contribution in [2.75, 3.05) is 11.9 Å². The van der Waals surface area contributed by atoms with E-state index in [4.69, 9.17) is 11.6 Å². The van der Waals surface area contributed by atoms with Gasteiger partial charge in [0.25, 0.3) is 5.78 Å². The van der Waals surface area contributed by atoms with E-state index in [1.54, 1.807) is 10.6 Å². The van der Waals surface area contributed by atoms with E-state index in [2.05, 4.69) is 20.4 Å². The average Bonchev–Trinajstić information content (AvgIpc) is 2.96. The Hall–Kier alpha value is -1.40. The average molecular weight is 268 g/mol. The molecule has 7 heteroatoms. The number of anilines is 1. The van der Waals surface area contributed by atoms with Gasteiger partial charge in [-0.2, -0.15) is 19.6 Å². The van der Waals surface area contributed by atoms with Gasteiger partial charge in [-0.25, -0.2) is 0 Å². The van der Waals surface area contributed by atoms with E-state index in [-0.39, 0.29) is 18.6 Å². The number of nitrogens with zero attached hydrogens (tertiary/aromatic N) is 4. The summed E-state index contributed by atoms with van der Waals surface area (Å²) in [6.07, 6.45) is 4.67. The lowest BCUT2D eigenvalue weighted by Crippen LogP contribution is -2.27. The largest absolute Gasteiger partial charge is 0.396 e. The second-order valence-corrected chi connectivity index (χ2v) is 4.95. The van der Waals surface area contributed by atoms with Crippen molar-refractivity contribution in [3.63, 3.8) is 0 Å². The second kappa shape index (κ2) is 4.70. The van der Waals surface area contributed by atoms with Crippen LogP contribution in [0, 0.1) is 5.92 Å². The van der Waals surface area contributed by atoms with Crippen LogP contribution < -0.4 is 5.32 Å². The van der Waals surface area contributed by atoms with Crippen molar-refractivity contribution in [1.82, 2.24) is 19.6 Å². The van der Waals surface area contributed by atoms with Crippen LogP contribution in [0.5, 0.6) is 0 Å². The first-order chi connectivity index (χ1) is 8.78. The summed E-state index contributed by atoms with van der Waals surface area (Å²) in [5.74, 6) is 1.53. The number of aliphatic hydroxyl groups is 1. The minimum atomic E-state index is 0.205. The van der Waals surface area contributed by atoms with Gasteiger partial charge in [-0.15, -0.1) is 0 Å². The van der Waals surface area contributed by atoms with Gasteiger partial charge < -0.3 is 10.4 Å². The molecule has 1 saturated carbocycles. The number of hydrogen-bond donors (Lipinski definition) is 2. The molecule has 1 fully saturated rings. The summed E-state index contributed by atoms with van der Waals surface area (Å²) in [7, 11) is 0. The van der Waals surface area contributed by atoms with Gasteiger partial charge in [-0.05, 0) is 12.8 Å². The minimum absolute atomic E-state index is 0.205. The molecule has 2 heterocycles. The molecule has 0 aromatic carbocycles. The predicted octanol–water partition coefficient (Wildman–Crippen LogP) is 1.35. The van der Waals surface area contributed by atoms with E-state index in [1.165, 1.54) is 6.33 Å². The zero-order valence-corrected chi connectivity index (χ0v) is 10.5. The van der Waals surface area contributed by atoms with Crippen LogP contribution in [-0.2, 0) is 0 Å². The summed E-state index contributed by atoms with van der Waals surface area (Å²) < 4.78 is 1.62. The quantitative estimate of drug-likeness (QED) is 0.821. The smallest absolute Gasteiger partial charge is 0.255 e. The lowest BCUT2D eigenvalue weighted by Gasteiger charge is -2.20. The molecule has 18 heavy (non-hydrogen) atoms. The van der Waals surface area contributed by atoms with Gasteiger partial charge in [0.05, 0.1) is 0 Å². The minimum Gasteiger partial charge on any atom is -0.396 e. The van der Waals surface area contributed by atoms with Crippen molar-refractivity contribution in [3.8, 4) is 0 Å². The molecule has 0 saturated heterocycles. The first-order valence-corrected chi connectivity index (χ1v) is 6.39. The number of fused-ring (bicyclic) bond motifs is 1. The van der Waals surface area contributed by atoms with Gasteiger partial charge in [0.15, 0.2) is 0 Å². The maximum Gasteiger partial charge on any atom is 0.255 e. The molecule has 6 nitrogen and oxygen atoms in total. The molecule has 2 atom stereocenters. The lowest BCUT2D eigenvalue weighted by molar-refractivity contribution is 0.222. The number of halogens is 1. The number of nitrogens with one attached hydrogen (secondary N) is 1. The van der Waals surface area contributed by atoms with Crippen molar-refractivity contribution in [1.29, 1.82) is 0 Å². The van der Waals surface area contributed by atoms with Crippen LogP contribution in [0.3, 0.4) is 0 Å². The fraction of sp³-hybridized carbons (Fsp3) is 0.545. The van der Waals surface area contributed by atoms with Crippen molar-refractivity contribution in [3.05, 3.63) is 17.5 Å². The SMILES string of the molecule is OCC1CCCC1Nc1cc(Cl)nc2ncnn12. The normalized spacial score (nSPS) is 23.7. The molecule has 2 aromatic heterocycles. The summed E-state index contributed by atoms with van der Waals surface area (Å²) in [6, 6.07) is 1.98. The van der Waals surface area contributed by atoms with Crippen LogP contribution in [-0.4, -0.2) is 37.3 Å². The Bertz CT molecular complexity index is 557. The Balaban J connectivity index is 1.92. The molecular weight excluding hydrogens is 254 g/mol. The van der Waals surface area contributed by atoms with Crippen molar-refractivity contribution in [2.24, 2.45) is 5.92 Å². The molecule has 3 rings (SSSR count). The third-order valence-electron chi connectivity index (χ3n) is 3.45. The molecule has 2 N–H and O–H groups in total. The Morgan fingerprint density at radius 1 is 1.50 bits per heavy atom. The van der Waals surface area contributed by atoms with Crippen molar-refractivity contribution in [2.45, 2.75) is 25.3 Å². The summed E-state index contributed by atoms with van der Waals surface area (Å²) >= 11 is 5.95. The Labute approximate surface area is 109 Å². The maximum atomic E-state index is 9.33. The number of aromatic nitrogens is 4.